The van der Waals surface area contributed by atoms with Gasteiger partial charge in [0.25, 0.3) is 5.69 Å². The minimum atomic E-state index is -0.320. The standard InChI is InChI=1S/C14H20N4O2/c1-10-9-16-14(8-13(10)18(19)20)17-7-3-5-12(17)11-4-2-6-15-11/h8-9,11-12,15H,2-7H2,1H3. The van der Waals surface area contributed by atoms with Gasteiger partial charge in [-0.2, -0.15) is 0 Å². The van der Waals surface area contributed by atoms with Crippen molar-refractivity contribution in [1.29, 1.82) is 0 Å². The molecule has 1 aromatic rings. The molecule has 0 amide bonds. The van der Waals surface area contributed by atoms with E-state index in [1.54, 1.807) is 19.2 Å². The van der Waals surface area contributed by atoms with E-state index >= 15 is 0 Å². The highest BCUT2D eigenvalue weighted by Gasteiger charge is 2.34. The first-order valence-electron chi connectivity index (χ1n) is 7.28. The van der Waals surface area contributed by atoms with Crippen LogP contribution in [-0.4, -0.2) is 35.1 Å². The molecule has 6 heteroatoms. The molecule has 2 fully saturated rings. The second kappa shape index (κ2) is 5.36. The smallest absolute Gasteiger partial charge is 0.277 e. The second-order valence-electron chi connectivity index (χ2n) is 5.69. The first-order valence-corrected chi connectivity index (χ1v) is 7.28. The Morgan fingerprint density at radius 1 is 1.45 bits per heavy atom. The highest BCUT2D eigenvalue weighted by atomic mass is 16.6. The molecular formula is C14H20N4O2. The number of anilines is 1. The molecule has 3 rings (SSSR count). The van der Waals surface area contributed by atoms with Crippen molar-refractivity contribution in [2.45, 2.75) is 44.7 Å². The number of nitrogens with zero attached hydrogens (tertiary/aromatic N) is 3. The van der Waals surface area contributed by atoms with Gasteiger partial charge in [0, 0.05) is 30.4 Å². The van der Waals surface area contributed by atoms with Crippen LogP contribution in [0.2, 0.25) is 0 Å². The molecule has 20 heavy (non-hydrogen) atoms. The van der Waals surface area contributed by atoms with Crippen molar-refractivity contribution < 1.29 is 4.92 Å². The number of aryl methyl sites for hydroxylation is 1. The van der Waals surface area contributed by atoms with Crippen LogP contribution in [0.1, 0.15) is 31.2 Å². The van der Waals surface area contributed by atoms with E-state index in [2.05, 4.69) is 15.2 Å². The Morgan fingerprint density at radius 2 is 2.30 bits per heavy atom. The fraction of sp³-hybridized carbons (Fsp3) is 0.643. The zero-order valence-corrected chi connectivity index (χ0v) is 11.7. The molecule has 2 aliphatic rings. The van der Waals surface area contributed by atoms with Crippen LogP contribution in [0.3, 0.4) is 0 Å². The van der Waals surface area contributed by atoms with Crippen LogP contribution >= 0.6 is 0 Å². The number of aromatic nitrogens is 1. The lowest BCUT2D eigenvalue weighted by Crippen LogP contribution is -2.44. The summed E-state index contributed by atoms with van der Waals surface area (Å²) in [5.41, 5.74) is 0.786. The van der Waals surface area contributed by atoms with E-state index < -0.39 is 0 Å². The van der Waals surface area contributed by atoms with Crippen molar-refractivity contribution in [3.05, 3.63) is 27.9 Å². The molecule has 2 saturated heterocycles. The van der Waals surface area contributed by atoms with Gasteiger partial charge in [-0.25, -0.2) is 4.98 Å². The van der Waals surface area contributed by atoms with E-state index in [0.717, 1.165) is 31.7 Å². The van der Waals surface area contributed by atoms with E-state index in [-0.39, 0.29) is 10.6 Å². The predicted octanol–water partition coefficient (Wildman–Crippen LogP) is 2.02. The zero-order chi connectivity index (χ0) is 14.1. The first-order chi connectivity index (χ1) is 9.66. The van der Waals surface area contributed by atoms with Crippen LogP contribution in [0, 0.1) is 17.0 Å². The highest BCUT2D eigenvalue weighted by Crippen LogP contribution is 2.31. The fourth-order valence-corrected chi connectivity index (χ4v) is 3.39. The van der Waals surface area contributed by atoms with E-state index in [4.69, 9.17) is 0 Å². The van der Waals surface area contributed by atoms with Gasteiger partial charge in [0.05, 0.1) is 11.0 Å². The topological polar surface area (TPSA) is 71.3 Å². The van der Waals surface area contributed by atoms with Crippen LogP contribution in [0.25, 0.3) is 0 Å². The molecule has 1 N–H and O–H groups in total. The largest absolute Gasteiger partial charge is 0.352 e. The van der Waals surface area contributed by atoms with Crippen LogP contribution in [0.15, 0.2) is 12.3 Å². The molecule has 2 atom stereocenters. The lowest BCUT2D eigenvalue weighted by Gasteiger charge is -2.30. The van der Waals surface area contributed by atoms with Crippen molar-refractivity contribution in [1.82, 2.24) is 10.3 Å². The molecule has 0 aromatic carbocycles. The summed E-state index contributed by atoms with van der Waals surface area (Å²) in [5, 5.41) is 14.6. The maximum Gasteiger partial charge on any atom is 0.277 e. The number of hydrogen-bond acceptors (Lipinski definition) is 5. The van der Waals surface area contributed by atoms with Crippen LogP contribution in [-0.2, 0) is 0 Å². The minimum absolute atomic E-state index is 0.167. The summed E-state index contributed by atoms with van der Waals surface area (Å²) >= 11 is 0. The molecule has 0 aliphatic carbocycles. The van der Waals surface area contributed by atoms with Crippen molar-refractivity contribution in [2.24, 2.45) is 0 Å². The molecule has 0 bridgehead atoms. The van der Waals surface area contributed by atoms with Crippen molar-refractivity contribution in [3.8, 4) is 0 Å². The third kappa shape index (κ3) is 2.35. The van der Waals surface area contributed by atoms with Gasteiger partial charge in [-0.15, -0.1) is 0 Å². The molecule has 0 radical (unpaired) electrons. The lowest BCUT2D eigenvalue weighted by atomic mass is 10.0. The SMILES string of the molecule is Cc1cnc(N2CCCC2C2CCCN2)cc1[N+](=O)[O-]. The van der Waals surface area contributed by atoms with Gasteiger partial charge in [-0.3, -0.25) is 10.1 Å². The van der Waals surface area contributed by atoms with Crippen LogP contribution in [0.4, 0.5) is 11.5 Å². The normalized spacial score (nSPS) is 26.1. The molecule has 3 heterocycles. The summed E-state index contributed by atoms with van der Waals surface area (Å²) in [6.45, 7) is 3.75. The van der Waals surface area contributed by atoms with Gasteiger partial charge in [0.1, 0.15) is 5.82 Å². The molecule has 1 aromatic heterocycles. The molecule has 2 aliphatic heterocycles. The number of pyridine rings is 1. The Kier molecular flexibility index (Phi) is 3.56. The van der Waals surface area contributed by atoms with Gasteiger partial charge < -0.3 is 10.2 Å². The first kappa shape index (κ1) is 13.3. The van der Waals surface area contributed by atoms with Gasteiger partial charge >= 0.3 is 0 Å². The molecule has 108 valence electrons. The van der Waals surface area contributed by atoms with E-state index in [1.807, 2.05) is 0 Å². The predicted molar refractivity (Wildman–Crippen MR) is 77.0 cm³/mol. The molecule has 6 nitrogen and oxygen atoms in total. The van der Waals surface area contributed by atoms with Crippen molar-refractivity contribution in [2.75, 3.05) is 18.0 Å². The van der Waals surface area contributed by atoms with Crippen LogP contribution in [0.5, 0.6) is 0 Å². The van der Waals surface area contributed by atoms with E-state index in [9.17, 15) is 10.1 Å². The maximum absolute atomic E-state index is 11.1. The average Bonchev–Trinajstić information content (AvgIpc) is 3.09. The Hall–Kier alpha value is -1.69. The summed E-state index contributed by atoms with van der Waals surface area (Å²) in [7, 11) is 0. The van der Waals surface area contributed by atoms with Crippen molar-refractivity contribution >= 4 is 11.5 Å². The van der Waals surface area contributed by atoms with Crippen LogP contribution < -0.4 is 10.2 Å². The fourth-order valence-electron chi connectivity index (χ4n) is 3.39. The number of hydrogen-bond donors (Lipinski definition) is 1. The van der Waals surface area contributed by atoms with E-state index in [1.165, 1.54) is 12.8 Å². The lowest BCUT2D eigenvalue weighted by molar-refractivity contribution is -0.385. The zero-order valence-electron chi connectivity index (χ0n) is 11.7. The summed E-state index contributed by atoms with van der Waals surface area (Å²) < 4.78 is 0. The molecular weight excluding hydrogens is 256 g/mol. The molecule has 2 unspecified atom stereocenters. The minimum Gasteiger partial charge on any atom is -0.352 e. The van der Waals surface area contributed by atoms with Gasteiger partial charge in [-0.1, -0.05) is 0 Å². The Balaban J connectivity index is 1.87. The molecule has 0 spiro atoms. The monoisotopic (exact) mass is 276 g/mol. The van der Waals surface area contributed by atoms with Crippen molar-refractivity contribution in [3.63, 3.8) is 0 Å². The third-order valence-corrected chi connectivity index (χ3v) is 4.41. The highest BCUT2D eigenvalue weighted by molar-refractivity contribution is 5.52. The number of rotatable bonds is 3. The van der Waals surface area contributed by atoms with E-state index in [0.29, 0.717) is 17.6 Å². The summed E-state index contributed by atoms with van der Waals surface area (Å²) in [6.07, 6.45) is 6.30. The Bertz CT molecular complexity index is 514. The number of nitrogens with one attached hydrogen (secondary N) is 1. The van der Waals surface area contributed by atoms with Gasteiger partial charge in [0.2, 0.25) is 0 Å². The second-order valence-corrected chi connectivity index (χ2v) is 5.69. The van der Waals surface area contributed by atoms with Gasteiger partial charge in [-0.05, 0) is 39.2 Å². The average molecular weight is 276 g/mol. The quantitative estimate of drug-likeness (QED) is 0.675. The summed E-state index contributed by atoms with van der Waals surface area (Å²) in [5.74, 6) is 0.749. The maximum atomic E-state index is 11.1. The Labute approximate surface area is 118 Å². The van der Waals surface area contributed by atoms with Gasteiger partial charge in [0.15, 0.2) is 0 Å². The summed E-state index contributed by atoms with van der Waals surface area (Å²) in [4.78, 5) is 17.4. The third-order valence-electron chi connectivity index (χ3n) is 4.41. The Morgan fingerprint density at radius 3 is 3.00 bits per heavy atom. The number of nitro groups is 1. The summed E-state index contributed by atoms with van der Waals surface area (Å²) in [6, 6.07) is 2.55. The molecule has 0 saturated carbocycles.